The predicted molar refractivity (Wildman–Crippen MR) is 87.9 cm³/mol. The second-order valence-corrected chi connectivity index (χ2v) is 7.99. The third kappa shape index (κ3) is 3.11. The van der Waals surface area contributed by atoms with Crippen LogP contribution in [0.1, 0.15) is 29.5 Å². The molecule has 1 aliphatic rings. The molecule has 0 aliphatic carbocycles. The van der Waals surface area contributed by atoms with E-state index >= 15 is 0 Å². The largest absolute Gasteiger partial charge is 0.373 e. The van der Waals surface area contributed by atoms with Gasteiger partial charge >= 0.3 is 0 Å². The van der Waals surface area contributed by atoms with E-state index in [1.54, 1.807) is 11.6 Å². The van der Waals surface area contributed by atoms with Crippen molar-refractivity contribution in [3.63, 3.8) is 0 Å². The average molecular weight is 353 g/mol. The Labute approximate surface area is 141 Å². The fourth-order valence-corrected chi connectivity index (χ4v) is 4.25. The fraction of sp³-hybridized carbons (Fsp3) is 0.600. The van der Waals surface area contributed by atoms with Crippen molar-refractivity contribution in [2.24, 2.45) is 20.0 Å². The molecular weight excluding hydrogens is 330 g/mol. The number of hydrogen-bond acceptors (Lipinski definition) is 5. The number of imidazole rings is 1. The lowest BCUT2D eigenvalue weighted by molar-refractivity contribution is 0.0906. The molecule has 0 bridgehead atoms. The van der Waals surface area contributed by atoms with Crippen LogP contribution in [0, 0.1) is 19.8 Å². The Kier molecular flexibility index (Phi) is 4.50. The van der Waals surface area contributed by atoms with Gasteiger partial charge in [0.2, 0.25) is 0 Å². The Morgan fingerprint density at radius 1 is 1.38 bits per heavy atom. The SMILES string of the molecule is Cc1nn(C)c(C)c1[C@H]1OCC[C@@H]1CNS(=O)(=O)c1cn(C)cn1. The zero-order valence-corrected chi connectivity index (χ0v) is 15.2. The number of ether oxygens (including phenoxy) is 1. The van der Waals surface area contributed by atoms with Gasteiger partial charge in [0.05, 0.1) is 18.1 Å². The first-order chi connectivity index (χ1) is 11.3. The van der Waals surface area contributed by atoms with Crippen LogP contribution < -0.4 is 4.72 Å². The number of aromatic nitrogens is 4. The van der Waals surface area contributed by atoms with E-state index < -0.39 is 10.0 Å². The van der Waals surface area contributed by atoms with Gasteiger partial charge in [-0.15, -0.1) is 0 Å². The van der Waals surface area contributed by atoms with E-state index in [4.69, 9.17) is 4.74 Å². The van der Waals surface area contributed by atoms with Gasteiger partial charge in [0.25, 0.3) is 10.0 Å². The highest BCUT2D eigenvalue weighted by molar-refractivity contribution is 7.89. The van der Waals surface area contributed by atoms with E-state index in [0.717, 1.165) is 23.4 Å². The van der Waals surface area contributed by atoms with Crippen LogP contribution in [0.3, 0.4) is 0 Å². The molecule has 3 rings (SSSR count). The monoisotopic (exact) mass is 353 g/mol. The fourth-order valence-electron chi connectivity index (χ4n) is 3.18. The standard InChI is InChI=1S/C15H23N5O3S/c1-10-14(11(2)20(4)18-10)15-12(5-6-23-15)7-17-24(21,22)13-8-19(3)9-16-13/h8-9,12,15,17H,5-7H2,1-4H3/t12-,15+/m1/s1. The molecular formula is C15H23N5O3S. The summed E-state index contributed by atoms with van der Waals surface area (Å²) >= 11 is 0. The van der Waals surface area contributed by atoms with E-state index in [-0.39, 0.29) is 17.0 Å². The topological polar surface area (TPSA) is 91.0 Å². The molecule has 9 heteroatoms. The van der Waals surface area contributed by atoms with E-state index in [2.05, 4.69) is 14.8 Å². The first-order valence-electron chi connectivity index (χ1n) is 7.89. The molecule has 0 unspecified atom stereocenters. The summed E-state index contributed by atoms with van der Waals surface area (Å²) in [5.74, 6) is 0.0742. The maximum atomic E-state index is 12.3. The van der Waals surface area contributed by atoms with Gasteiger partial charge in [-0.1, -0.05) is 0 Å². The van der Waals surface area contributed by atoms with Gasteiger partial charge in [-0.3, -0.25) is 4.68 Å². The molecule has 0 amide bonds. The molecule has 2 aromatic rings. The van der Waals surface area contributed by atoms with E-state index in [1.807, 2.05) is 25.6 Å². The van der Waals surface area contributed by atoms with Crippen LogP contribution in [0.25, 0.3) is 0 Å². The molecule has 0 spiro atoms. The third-order valence-corrected chi connectivity index (χ3v) is 5.86. The summed E-state index contributed by atoms with van der Waals surface area (Å²) in [6, 6.07) is 0. The second-order valence-electron chi connectivity index (χ2n) is 6.28. The van der Waals surface area contributed by atoms with Crippen molar-refractivity contribution in [3.8, 4) is 0 Å². The van der Waals surface area contributed by atoms with Gasteiger partial charge in [0, 0.05) is 50.6 Å². The van der Waals surface area contributed by atoms with E-state index in [1.165, 1.54) is 12.5 Å². The van der Waals surface area contributed by atoms with E-state index in [0.29, 0.717) is 13.2 Å². The quantitative estimate of drug-likeness (QED) is 0.860. The Hall–Kier alpha value is -1.71. The number of aryl methyl sites for hydroxylation is 3. The molecule has 24 heavy (non-hydrogen) atoms. The minimum atomic E-state index is -3.61. The third-order valence-electron chi connectivity index (χ3n) is 4.56. The highest BCUT2D eigenvalue weighted by Gasteiger charge is 2.34. The summed E-state index contributed by atoms with van der Waals surface area (Å²) in [5.41, 5.74) is 3.05. The summed E-state index contributed by atoms with van der Waals surface area (Å²) in [7, 11) is 0.0334. The highest BCUT2D eigenvalue weighted by atomic mass is 32.2. The number of nitrogens with zero attached hydrogens (tertiary/aromatic N) is 4. The maximum absolute atomic E-state index is 12.3. The van der Waals surface area contributed by atoms with Gasteiger partial charge in [0.15, 0.2) is 5.03 Å². The molecule has 3 heterocycles. The molecule has 1 saturated heterocycles. The van der Waals surface area contributed by atoms with Crippen molar-refractivity contribution >= 4 is 10.0 Å². The van der Waals surface area contributed by atoms with Crippen LogP contribution in [-0.4, -0.2) is 40.9 Å². The van der Waals surface area contributed by atoms with Gasteiger partial charge < -0.3 is 9.30 Å². The second kappa shape index (κ2) is 6.30. The molecule has 0 saturated carbocycles. The molecule has 8 nitrogen and oxygen atoms in total. The van der Waals surface area contributed by atoms with Crippen LogP contribution in [0.2, 0.25) is 0 Å². The van der Waals surface area contributed by atoms with Crippen molar-refractivity contribution in [2.75, 3.05) is 13.2 Å². The number of sulfonamides is 1. The summed E-state index contributed by atoms with van der Waals surface area (Å²) in [6.45, 7) is 4.90. The van der Waals surface area contributed by atoms with Gasteiger partial charge in [-0.25, -0.2) is 18.1 Å². The zero-order valence-electron chi connectivity index (χ0n) is 14.4. The molecule has 0 aromatic carbocycles. The Bertz CT molecular complexity index is 839. The van der Waals surface area contributed by atoms with Gasteiger partial charge in [0.1, 0.15) is 0 Å². The molecule has 0 radical (unpaired) electrons. The van der Waals surface area contributed by atoms with Crippen LogP contribution in [0.15, 0.2) is 17.6 Å². The number of nitrogens with one attached hydrogen (secondary N) is 1. The van der Waals surface area contributed by atoms with Crippen LogP contribution >= 0.6 is 0 Å². The first-order valence-corrected chi connectivity index (χ1v) is 9.37. The summed E-state index contributed by atoms with van der Waals surface area (Å²) in [6.07, 6.45) is 3.63. The molecule has 132 valence electrons. The molecule has 1 aliphatic heterocycles. The van der Waals surface area contributed by atoms with Crippen molar-refractivity contribution in [3.05, 3.63) is 29.5 Å². The smallest absolute Gasteiger partial charge is 0.259 e. The van der Waals surface area contributed by atoms with Crippen LogP contribution in [0.5, 0.6) is 0 Å². The van der Waals surface area contributed by atoms with Crippen molar-refractivity contribution in [2.45, 2.75) is 31.4 Å². The lowest BCUT2D eigenvalue weighted by Gasteiger charge is -2.19. The maximum Gasteiger partial charge on any atom is 0.259 e. The van der Waals surface area contributed by atoms with Gasteiger partial charge in [-0.05, 0) is 20.3 Å². The van der Waals surface area contributed by atoms with Crippen LogP contribution in [0.4, 0.5) is 0 Å². The van der Waals surface area contributed by atoms with Crippen LogP contribution in [-0.2, 0) is 28.9 Å². The average Bonchev–Trinajstić information content (AvgIpc) is 3.19. The Morgan fingerprint density at radius 3 is 2.71 bits per heavy atom. The number of rotatable bonds is 5. The van der Waals surface area contributed by atoms with Crippen molar-refractivity contribution < 1.29 is 13.2 Å². The van der Waals surface area contributed by atoms with Crippen molar-refractivity contribution in [1.29, 1.82) is 0 Å². The Balaban J connectivity index is 1.75. The Morgan fingerprint density at radius 2 is 2.12 bits per heavy atom. The molecule has 1 N–H and O–H groups in total. The summed E-state index contributed by atoms with van der Waals surface area (Å²) in [5, 5.41) is 4.47. The zero-order chi connectivity index (χ0) is 17.5. The minimum absolute atomic E-state index is 0.0363. The molecule has 2 aromatic heterocycles. The lowest BCUT2D eigenvalue weighted by Crippen LogP contribution is -2.31. The normalized spacial score (nSPS) is 21.5. The number of hydrogen-bond donors (Lipinski definition) is 1. The molecule has 2 atom stereocenters. The molecule has 1 fully saturated rings. The highest BCUT2D eigenvalue weighted by Crippen LogP contribution is 2.37. The summed E-state index contributed by atoms with van der Waals surface area (Å²) in [4.78, 5) is 3.91. The van der Waals surface area contributed by atoms with Crippen molar-refractivity contribution in [1.82, 2.24) is 24.1 Å². The lowest BCUT2D eigenvalue weighted by atomic mass is 9.94. The summed E-state index contributed by atoms with van der Waals surface area (Å²) < 4.78 is 36.7. The predicted octanol–water partition coefficient (Wildman–Crippen LogP) is 0.827. The first kappa shape index (κ1) is 17.1. The minimum Gasteiger partial charge on any atom is -0.373 e. The van der Waals surface area contributed by atoms with Gasteiger partial charge in [-0.2, -0.15) is 5.10 Å². The van der Waals surface area contributed by atoms with E-state index in [9.17, 15) is 8.42 Å².